The lowest BCUT2D eigenvalue weighted by Crippen LogP contribution is -2.24. The SMILES string of the molecule is COc1ccc(NC(=O)CSc2ccc(F)cc2)cc1N1CCCC1=O. The van der Waals surface area contributed by atoms with Crippen molar-refractivity contribution in [1.82, 2.24) is 0 Å². The van der Waals surface area contributed by atoms with E-state index >= 15 is 0 Å². The summed E-state index contributed by atoms with van der Waals surface area (Å²) in [6.45, 7) is 0.646. The summed E-state index contributed by atoms with van der Waals surface area (Å²) in [6, 6.07) is 11.2. The molecule has 0 atom stereocenters. The minimum atomic E-state index is -0.305. The van der Waals surface area contributed by atoms with Crippen molar-refractivity contribution in [3.8, 4) is 5.75 Å². The normalized spacial score (nSPS) is 13.8. The first-order valence-corrected chi connectivity index (χ1v) is 9.22. The minimum absolute atomic E-state index is 0.0543. The molecule has 1 saturated heterocycles. The van der Waals surface area contributed by atoms with Crippen molar-refractivity contribution < 1.29 is 18.7 Å². The summed E-state index contributed by atoms with van der Waals surface area (Å²) in [4.78, 5) is 26.7. The molecule has 0 saturated carbocycles. The van der Waals surface area contributed by atoms with Gasteiger partial charge in [-0.1, -0.05) is 0 Å². The number of carbonyl (C=O) groups excluding carboxylic acids is 2. The molecule has 0 aliphatic carbocycles. The Bertz CT molecular complexity index is 811. The summed E-state index contributed by atoms with van der Waals surface area (Å²) in [5, 5.41) is 2.83. The molecular weight excluding hydrogens is 355 g/mol. The topological polar surface area (TPSA) is 58.6 Å². The number of carbonyl (C=O) groups is 2. The molecule has 136 valence electrons. The molecule has 2 aromatic rings. The maximum absolute atomic E-state index is 12.9. The monoisotopic (exact) mass is 374 g/mol. The number of ether oxygens (including phenoxy) is 1. The van der Waals surface area contributed by atoms with Gasteiger partial charge in [0.05, 0.1) is 18.6 Å². The number of rotatable bonds is 6. The Labute approximate surface area is 155 Å². The van der Waals surface area contributed by atoms with Crippen LogP contribution in [-0.2, 0) is 9.59 Å². The Kier molecular flexibility index (Phi) is 5.78. The maximum atomic E-state index is 12.9. The molecule has 1 heterocycles. The molecule has 0 aromatic heterocycles. The molecule has 0 radical (unpaired) electrons. The number of nitrogens with one attached hydrogen (secondary N) is 1. The van der Waals surface area contributed by atoms with Gasteiger partial charge in [0.1, 0.15) is 11.6 Å². The van der Waals surface area contributed by atoms with Crippen LogP contribution in [-0.4, -0.2) is 31.2 Å². The quantitative estimate of drug-likeness (QED) is 0.784. The molecular formula is C19H19FN2O3S. The average Bonchev–Trinajstić information content (AvgIpc) is 3.07. The van der Waals surface area contributed by atoms with Gasteiger partial charge in [-0.15, -0.1) is 11.8 Å². The van der Waals surface area contributed by atoms with Gasteiger partial charge in [0.15, 0.2) is 0 Å². The van der Waals surface area contributed by atoms with E-state index in [-0.39, 0.29) is 23.4 Å². The summed E-state index contributed by atoms with van der Waals surface area (Å²) in [5.74, 6) is 0.372. The number of thioether (sulfide) groups is 1. The number of anilines is 2. The number of methoxy groups -OCH3 is 1. The van der Waals surface area contributed by atoms with Gasteiger partial charge >= 0.3 is 0 Å². The highest BCUT2D eigenvalue weighted by Gasteiger charge is 2.24. The zero-order valence-electron chi connectivity index (χ0n) is 14.3. The van der Waals surface area contributed by atoms with Gasteiger partial charge in [-0.3, -0.25) is 9.59 Å². The smallest absolute Gasteiger partial charge is 0.234 e. The van der Waals surface area contributed by atoms with Crippen LogP contribution in [0.15, 0.2) is 47.4 Å². The highest BCUT2D eigenvalue weighted by atomic mass is 32.2. The zero-order chi connectivity index (χ0) is 18.5. The number of hydrogen-bond acceptors (Lipinski definition) is 4. The highest BCUT2D eigenvalue weighted by molar-refractivity contribution is 8.00. The Morgan fingerprint density at radius 1 is 1.27 bits per heavy atom. The van der Waals surface area contributed by atoms with Crippen LogP contribution in [0.5, 0.6) is 5.75 Å². The lowest BCUT2D eigenvalue weighted by atomic mass is 10.2. The van der Waals surface area contributed by atoms with E-state index in [9.17, 15) is 14.0 Å². The van der Waals surface area contributed by atoms with Crippen LogP contribution in [0.4, 0.5) is 15.8 Å². The van der Waals surface area contributed by atoms with Gasteiger partial charge in [0, 0.05) is 23.5 Å². The second-order valence-corrected chi connectivity index (χ2v) is 6.88. The Morgan fingerprint density at radius 2 is 2.04 bits per heavy atom. The minimum Gasteiger partial charge on any atom is -0.495 e. The molecule has 0 spiro atoms. The molecule has 3 rings (SSSR count). The van der Waals surface area contributed by atoms with Crippen LogP contribution in [0.25, 0.3) is 0 Å². The van der Waals surface area contributed by atoms with E-state index in [1.54, 1.807) is 42.3 Å². The summed E-state index contributed by atoms with van der Waals surface area (Å²) in [5.41, 5.74) is 1.27. The molecule has 0 bridgehead atoms. The van der Waals surface area contributed by atoms with E-state index in [2.05, 4.69) is 5.32 Å². The van der Waals surface area contributed by atoms with Crippen molar-refractivity contribution in [2.24, 2.45) is 0 Å². The molecule has 1 aliphatic heterocycles. The van der Waals surface area contributed by atoms with E-state index in [1.807, 2.05) is 0 Å². The van der Waals surface area contributed by atoms with Crippen LogP contribution >= 0.6 is 11.8 Å². The Hall–Kier alpha value is -2.54. The number of amides is 2. The Morgan fingerprint density at radius 3 is 2.69 bits per heavy atom. The van der Waals surface area contributed by atoms with Gasteiger partial charge in [0.2, 0.25) is 11.8 Å². The van der Waals surface area contributed by atoms with Crippen molar-refractivity contribution in [3.05, 3.63) is 48.3 Å². The lowest BCUT2D eigenvalue weighted by molar-refractivity contribution is -0.117. The molecule has 2 aromatic carbocycles. The highest BCUT2D eigenvalue weighted by Crippen LogP contribution is 2.34. The van der Waals surface area contributed by atoms with Gasteiger partial charge in [-0.25, -0.2) is 4.39 Å². The van der Waals surface area contributed by atoms with E-state index in [0.29, 0.717) is 30.1 Å². The first-order valence-electron chi connectivity index (χ1n) is 8.23. The third-order valence-corrected chi connectivity index (χ3v) is 5.02. The van der Waals surface area contributed by atoms with Crippen LogP contribution in [0, 0.1) is 5.82 Å². The predicted octanol–water partition coefficient (Wildman–Crippen LogP) is 3.69. The molecule has 5 nitrogen and oxygen atoms in total. The first kappa shape index (κ1) is 18.3. The lowest BCUT2D eigenvalue weighted by Gasteiger charge is -2.20. The van der Waals surface area contributed by atoms with Crippen molar-refractivity contribution in [2.45, 2.75) is 17.7 Å². The summed E-state index contributed by atoms with van der Waals surface area (Å²) in [7, 11) is 1.55. The largest absolute Gasteiger partial charge is 0.495 e. The molecule has 2 amide bonds. The van der Waals surface area contributed by atoms with Crippen LogP contribution in [0.3, 0.4) is 0 Å². The van der Waals surface area contributed by atoms with Gasteiger partial charge in [0.25, 0.3) is 0 Å². The van der Waals surface area contributed by atoms with Crippen LogP contribution < -0.4 is 15.0 Å². The third-order valence-electron chi connectivity index (χ3n) is 4.01. The second kappa shape index (κ2) is 8.23. The fourth-order valence-corrected chi connectivity index (χ4v) is 3.46. The van der Waals surface area contributed by atoms with Crippen molar-refractivity contribution in [2.75, 3.05) is 29.6 Å². The number of halogens is 1. The summed E-state index contributed by atoms with van der Waals surface area (Å²) < 4.78 is 18.2. The predicted molar refractivity (Wildman–Crippen MR) is 100 cm³/mol. The van der Waals surface area contributed by atoms with Crippen LogP contribution in [0.1, 0.15) is 12.8 Å². The first-order chi connectivity index (χ1) is 12.6. The van der Waals surface area contributed by atoms with Crippen molar-refractivity contribution in [1.29, 1.82) is 0 Å². The third kappa shape index (κ3) is 4.35. The van der Waals surface area contributed by atoms with Gasteiger partial charge in [-0.2, -0.15) is 0 Å². The standard InChI is InChI=1S/C19H19FN2O3S/c1-25-17-9-6-14(11-16(17)22-10-2-3-19(22)24)21-18(23)12-26-15-7-4-13(20)5-8-15/h4-9,11H,2-3,10,12H2,1H3,(H,21,23). The van der Waals surface area contributed by atoms with E-state index in [1.165, 1.54) is 23.9 Å². The maximum Gasteiger partial charge on any atom is 0.234 e. The zero-order valence-corrected chi connectivity index (χ0v) is 15.1. The fraction of sp³-hybridized carbons (Fsp3) is 0.263. The summed E-state index contributed by atoms with van der Waals surface area (Å²) >= 11 is 1.33. The Balaban J connectivity index is 1.66. The van der Waals surface area contributed by atoms with E-state index in [0.717, 1.165) is 11.3 Å². The number of benzene rings is 2. The van der Waals surface area contributed by atoms with Gasteiger partial charge in [-0.05, 0) is 48.9 Å². The molecule has 1 N–H and O–H groups in total. The fourth-order valence-electron chi connectivity index (χ4n) is 2.76. The van der Waals surface area contributed by atoms with E-state index in [4.69, 9.17) is 4.74 Å². The van der Waals surface area contributed by atoms with E-state index < -0.39 is 0 Å². The van der Waals surface area contributed by atoms with Crippen molar-refractivity contribution in [3.63, 3.8) is 0 Å². The van der Waals surface area contributed by atoms with Crippen molar-refractivity contribution >= 4 is 35.0 Å². The molecule has 1 aliphatic rings. The molecule has 7 heteroatoms. The molecule has 1 fully saturated rings. The number of hydrogen-bond donors (Lipinski definition) is 1. The summed E-state index contributed by atoms with van der Waals surface area (Å²) in [6.07, 6.45) is 1.33. The van der Waals surface area contributed by atoms with Crippen LogP contribution in [0.2, 0.25) is 0 Å². The second-order valence-electron chi connectivity index (χ2n) is 5.83. The van der Waals surface area contributed by atoms with Gasteiger partial charge < -0.3 is 15.0 Å². The molecule has 0 unspecified atom stereocenters. The molecule has 26 heavy (non-hydrogen) atoms. The number of nitrogens with zero attached hydrogens (tertiary/aromatic N) is 1. The average molecular weight is 374 g/mol.